The Labute approximate surface area is 142 Å². The third kappa shape index (κ3) is 7.69. The normalized spacial score (nSPS) is 10.7. The van der Waals surface area contributed by atoms with Gasteiger partial charge in [0, 0.05) is 18.6 Å². The monoisotopic (exact) mass is 372 g/mol. The maximum atomic E-state index is 12.0. The molecule has 0 radical (unpaired) electrons. The molecule has 2 aromatic rings. The van der Waals surface area contributed by atoms with E-state index in [9.17, 15) is 20.1 Å². The standard InChI is InChI=1S/C15H14O5.H3O4P/c16-10-4-1-9(2-5-10)3-6-12(18)15-13(19)7-11(17)8-14(15)20;1-5(2,3)4/h1-2,4-5,7-8,16-17,19-20H,3,6H2;(H3,1,2,3,4). The highest BCUT2D eigenvalue weighted by atomic mass is 31.2. The lowest BCUT2D eigenvalue weighted by atomic mass is 10.0. The van der Waals surface area contributed by atoms with E-state index in [0.717, 1.165) is 17.7 Å². The number of hydrogen-bond donors (Lipinski definition) is 7. The van der Waals surface area contributed by atoms with Crippen molar-refractivity contribution < 1.29 is 44.5 Å². The van der Waals surface area contributed by atoms with Crippen LogP contribution in [0.5, 0.6) is 23.0 Å². The number of phenolic OH excluding ortho intramolecular Hbond substituents is 4. The van der Waals surface area contributed by atoms with Gasteiger partial charge in [-0.05, 0) is 24.1 Å². The highest BCUT2D eigenvalue weighted by Gasteiger charge is 2.17. The van der Waals surface area contributed by atoms with Crippen LogP contribution in [0.2, 0.25) is 0 Å². The first-order valence-corrected chi connectivity index (χ1v) is 8.38. The summed E-state index contributed by atoms with van der Waals surface area (Å²) in [4.78, 5) is 33.5. The molecule has 9 nitrogen and oxygen atoms in total. The van der Waals surface area contributed by atoms with Crippen LogP contribution >= 0.6 is 7.82 Å². The van der Waals surface area contributed by atoms with E-state index in [-0.39, 0.29) is 23.5 Å². The molecule has 2 aromatic carbocycles. The minimum Gasteiger partial charge on any atom is -0.508 e. The second kappa shape index (κ2) is 8.50. The number of hydrogen-bond acceptors (Lipinski definition) is 6. The Hall–Kier alpha value is -2.58. The number of phenols is 4. The highest BCUT2D eigenvalue weighted by molar-refractivity contribution is 7.45. The third-order valence-electron chi connectivity index (χ3n) is 2.94. The van der Waals surface area contributed by atoms with Crippen LogP contribution in [0.25, 0.3) is 0 Å². The van der Waals surface area contributed by atoms with Gasteiger partial charge in [-0.15, -0.1) is 0 Å². The van der Waals surface area contributed by atoms with Gasteiger partial charge in [-0.2, -0.15) is 0 Å². The number of benzene rings is 2. The third-order valence-corrected chi connectivity index (χ3v) is 2.94. The topological polar surface area (TPSA) is 176 Å². The van der Waals surface area contributed by atoms with Gasteiger partial charge in [0.15, 0.2) is 5.78 Å². The van der Waals surface area contributed by atoms with E-state index in [1.165, 1.54) is 12.1 Å². The predicted octanol–water partition coefficient (Wildman–Crippen LogP) is 1.40. The molecule has 0 aliphatic heterocycles. The summed E-state index contributed by atoms with van der Waals surface area (Å²) < 4.78 is 8.88. The number of carbonyl (C=O) groups is 1. The second-order valence-corrected chi connectivity index (χ2v) is 5.99. The molecule has 0 saturated carbocycles. The van der Waals surface area contributed by atoms with Crippen molar-refractivity contribution in [1.82, 2.24) is 0 Å². The Morgan fingerprint density at radius 3 is 1.72 bits per heavy atom. The number of aromatic hydroxyl groups is 4. The second-order valence-electron chi connectivity index (χ2n) is 4.96. The van der Waals surface area contributed by atoms with Crippen molar-refractivity contribution in [2.75, 3.05) is 0 Å². The number of phosphoric acid groups is 1. The van der Waals surface area contributed by atoms with E-state index in [1.807, 2.05) is 0 Å². The smallest absolute Gasteiger partial charge is 0.466 e. The van der Waals surface area contributed by atoms with Crippen molar-refractivity contribution in [3.63, 3.8) is 0 Å². The minimum atomic E-state index is -4.64. The van der Waals surface area contributed by atoms with Crippen molar-refractivity contribution >= 4 is 13.6 Å². The molecule has 0 aliphatic rings. The summed E-state index contributed by atoms with van der Waals surface area (Å²) >= 11 is 0. The molecule has 0 aromatic heterocycles. The summed E-state index contributed by atoms with van der Waals surface area (Å²) in [7, 11) is -4.64. The van der Waals surface area contributed by atoms with Crippen LogP contribution in [0.4, 0.5) is 0 Å². The van der Waals surface area contributed by atoms with Crippen LogP contribution in [-0.4, -0.2) is 40.9 Å². The van der Waals surface area contributed by atoms with Gasteiger partial charge in [0.1, 0.15) is 28.6 Å². The molecule has 0 aliphatic carbocycles. The van der Waals surface area contributed by atoms with Crippen LogP contribution in [0.1, 0.15) is 22.3 Å². The van der Waals surface area contributed by atoms with Gasteiger partial charge in [0.2, 0.25) is 0 Å². The van der Waals surface area contributed by atoms with Crippen LogP contribution < -0.4 is 0 Å². The largest absolute Gasteiger partial charge is 0.508 e. The van der Waals surface area contributed by atoms with Crippen LogP contribution in [-0.2, 0) is 11.0 Å². The molecule has 0 saturated heterocycles. The first-order valence-electron chi connectivity index (χ1n) is 6.81. The first-order chi connectivity index (χ1) is 11.5. The van der Waals surface area contributed by atoms with Crippen LogP contribution in [0.15, 0.2) is 36.4 Å². The number of rotatable bonds is 4. The quantitative estimate of drug-likeness (QED) is 0.309. The molecule has 136 valence electrons. The summed E-state index contributed by atoms with van der Waals surface area (Å²) in [6.07, 6.45) is 0.509. The van der Waals surface area contributed by atoms with Gasteiger partial charge in [0.25, 0.3) is 0 Å². The Morgan fingerprint density at radius 1 is 0.840 bits per heavy atom. The van der Waals surface area contributed by atoms with E-state index in [0.29, 0.717) is 6.42 Å². The van der Waals surface area contributed by atoms with E-state index >= 15 is 0 Å². The summed E-state index contributed by atoms with van der Waals surface area (Å²) in [5.74, 6) is -1.48. The van der Waals surface area contributed by atoms with Gasteiger partial charge < -0.3 is 35.1 Å². The molecule has 0 amide bonds. The lowest BCUT2D eigenvalue weighted by molar-refractivity contribution is 0.0977. The molecular weight excluding hydrogens is 355 g/mol. The van der Waals surface area contributed by atoms with Crippen molar-refractivity contribution in [1.29, 1.82) is 0 Å². The summed E-state index contributed by atoms with van der Waals surface area (Å²) in [5, 5.41) is 37.5. The molecule has 25 heavy (non-hydrogen) atoms. The molecule has 0 fully saturated rings. The minimum absolute atomic E-state index is 0.0939. The average molecular weight is 372 g/mol. The molecule has 0 atom stereocenters. The zero-order valence-corrected chi connectivity index (χ0v) is 13.7. The lowest BCUT2D eigenvalue weighted by Gasteiger charge is -2.07. The van der Waals surface area contributed by atoms with Crippen molar-refractivity contribution in [2.45, 2.75) is 12.8 Å². The predicted molar refractivity (Wildman–Crippen MR) is 86.5 cm³/mol. The SMILES string of the molecule is O=C(CCc1ccc(O)cc1)c1c(O)cc(O)cc1O.O=P(O)(O)O. The summed E-state index contributed by atoms with van der Waals surface area (Å²) in [5.41, 5.74) is 0.662. The Bertz CT molecular complexity index is 749. The van der Waals surface area contributed by atoms with Gasteiger partial charge in [-0.25, -0.2) is 4.57 Å². The highest BCUT2D eigenvalue weighted by Crippen LogP contribution is 2.33. The first kappa shape index (κ1) is 20.5. The van der Waals surface area contributed by atoms with Crippen LogP contribution in [0, 0.1) is 0 Å². The fourth-order valence-electron chi connectivity index (χ4n) is 1.93. The molecule has 0 unspecified atom stereocenters. The van der Waals surface area contributed by atoms with Crippen molar-refractivity contribution in [3.05, 3.63) is 47.5 Å². The van der Waals surface area contributed by atoms with E-state index in [2.05, 4.69) is 0 Å². The summed E-state index contributed by atoms with van der Waals surface area (Å²) in [6, 6.07) is 8.45. The molecule has 0 bridgehead atoms. The van der Waals surface area contributed by atoms with Crippen molar-refractivity contribution in [3.8, 4) is 23.0 Å². The van der Waals surface area contributed by atoms with Gasteiger partial charge in [-0.1, -0.05) is 12.1 Å². The molecule has 10 heteroatoms. The van der Waals surface area contributed by atoms with Gasteiger partial charge >= 0.3 is 7.82 Å². The number of ketones is 1. The molecule has 2 rings (SSSR count). The molecule has 0 spiro atoms. The number of carbonyl (C=O) groups excluding carboxylic acids is 1. The zero-order chi connectivity index (χ0) is 19.2. The summed E-state index contributed by atoms with van der Waals surface area (Å²) in [6.45, 7) is 0. The molecular formula is C15H17O9P. The number of aryl methyl sites for hydroxylation is 1. The Morgan fingerprint density at radius 2 is 1.28 bits per heavy atom. The van der Waals surface area contributed by atoms with Crippen molar-refractivity contribution in [2.24, 2.45) is 0 Å². The van der Waals surface area contributed by atoms with E-state index in [4.69, 9.17) is 24.4 Å². The van der Waals surface area contributed by atoms with E-state index in [1.54, 1.807) is 12.1 Å². The Balaban J connectivity index is 0.000000550. The van der Waals surface area contributed by atoms with Gasteiger partial charge in [0.05, 0.1) is 0 Å². The fraction of sp³-hybridized carbons (Fsp3) is 0.133. The zero-order valence-electron chi connectivity index (χ0n) is 12.8. The number of Topliss-reactive ketones (excluding diaryl/α,β-unsaturated/α-hetero) is 1. The maximum Gasteiger partial charge on any atom is 0.466 e. The van der Waals surface area contributed by atoms with Crippen LogP contribution in [0.3, 0.4) is 0 Å². The van der Waals surface area contributed by atoms with Gasteiger partial charge in [-0.3, -0.25) is 4.79 Å². The molecule has 7 N–H and O–H groups in total. The van der Waals surface area contributed by atoms with E-state index < -0.39 is 25.1 Å². The Kier molecular flexibility index (Phi) is 6.96. The lowest BCUT2D eigenvalue weighted by Crippen LogP contribution is -2.02. The fourth-order valence-corrected chi connectivity index (χ4v) is 1.93. The average Bonchev–Trinajstić information content (AvgIpc) is 2.43. The molecule has 0 heterocycles. The maximum absolute atomic E-state index is 12.0.